The molecule has 1 aliphatic rings. The molecule has 4 N–H and O–H groups in total. The molecule has 3 rings (SSSR count). The number of aliphatic imine (C=N–C) groups is 1. The van der Waals surface area contributed by atoms with Crippen LogP contribution in [0, 0.1) is 12.3 Å². The number of likely N-dealkylation sites (N-methyl/N-ethyl adjacent to an activating group) is 1. The van der Waals surface area contributed by atoms with Crippen molar-refractivity contribution >= 4 is 17.3 Å². The summed E-state index contributed by atoms with van der Waals surface area (Å²) in [5, 5.41) is 12.4. The van der Waals surface area contributed by atoms with Gasteiger partial charge in [0.15, 0.2) is 0 Å². The van der Waals surface area contributed by atoms with Gasteiger partial charge >= 0.3 is 5.69 Å². The zero-order valence-corrected chi connectivity index (χ0v) is 13.0. The molecule has 1 aromatic heterocycles. The lowest BCUT2D eigenvalue weighted by molar-refractivity contribution is -0.116. The number of hydrogen-bond donors (Lipinski definition) is 4. The standard InChI is InChI=1S/C17H12N4O4/c1-3-8(14(22)18-2)12-9-6-4-5-7-10(9)13(19-12)11-15(23)20-17(25)21-16(11)24/h1,4-7H,2H3,(H,18,22)(H3,20,21,23,24,25)/b12-8-. The van der Waals surface area contributed by atoms with Gasteiger partial charge in [0.2, 0.25) is 5.88 Å². The van der Waals surface area contributed by atoms with E-state index in [0.717, 1.165) is 0 Å². The Hall–Kier alpha value is -3.86. The van der Waals surface area contributed by atoms with Gasteiger partial charge in [0.05, 0.1) is 11.4 Å². The first-order valence-electron chi connectivity index (χ1n) is 7.15. The normalized spacial score (nSPS) is 14.3. The number of aromatic nitrogens is 2. The van der Waals surface area contributed by atoms with E-state index < -0.39 is 23.0 Å². The first-order chi connectivity index (χ1) is 12.0. The van der Waals surface area contributed by atoms with Crippen LogP contribution in [0.25, 0.3) is 5.70 Å². The van der Waals surface area contributed by atoms with E-state index in [1.807, 2.05) is 4.98 Å². The fourth-order valence-electron chi connectivity index (χ4n) is 2.57. The van der Waals surface area contributed by atoms with Crippen LogP contribution in [-0.2, 0) is 4.79 Å². The van der Waals surface area contributed by atoms with Gasteiger partial charge in [-0.15, -0.1) is 6.42 Å². The smallest absolute Gasteiger partial charge is 0.328 e. The summed E-state index contributed by atoms with van der Waals surface area (Å²) in [5.74, 6) is 1.18. The molecule has 0 spiro atoms. The Bertz CT molecular complexity index is 1110. The highest BCUT2D eigenvalue weighted by atomic mass is 16.3. The van der Waals surface area contributed by atoms with Gasteiger partial charge in [0, 0.05) is 18.2 Å². The summed E-state index contributed by atoms with van der Waals surface area (Å²) in [4.78, 5) is 43.9. The largest absolute Gasteiger partial charge is 0.494 e. The van der Waals surface area contributed by atoms with E-state index in [9.17, 15) is 19.5 Å². The maximum atomic E-state index is 12.1. The van der Waals surface area contributed by atoms with E-state index in [0.29, 0.717) is 11.1 Å². The fourth-order valence-corrected chi connectivity index (χ4v) is 2.57. The van der Waals surface area contributed by atoms with Crippen LogP contribution in [0.5, 0.6) is 5.88 Å². The van der Waals surface area contributed by atoms with Gasteiger partial charge in [-0.2, -0.15) is 0 Å². The molecule has 1 amide bonds. The van der Waals surface area contributed by atoms with Gasteiger partial charge in [-0.25, -0.2) is 9.79 Å². The predicted octanol–water partition coefficient (Wildman–Crippen LogP) is -0.290. The lowest BCUT2D eigenvalue weighted by Crippen LogP contribution is -2.27. The van der Waals surface area contributed by atoms with E-state index in [2.05, 4.69) is 21.2 Å². The quantitative estimate of drug-likeness (QED) is 0.444. The molecular formula is C17H12N4O4. The Morgan fingerprint density at radius 2 is 1.92 bits per heavy atom. The summed E-state index contributed by atoms with van der Waals surface area (Å²) in [7, 11) is 1.43. The second-order valence-corrected chi connectivity index (χ2v) is 5.08. The Labute approximate surface area is 141 Å². The lowest BCUT2D eigenvalue weighted by Gasteiger charge is -2.04. The number of nitrogens with one attached hydrogen (secondary N) is 3. The predicted molar refractivity (Wildman–Crippen MR) is 91.2 cm³/mol. The van der Waals surface area contributed by atoms with Gasteiger partial charge < -0.3 is 10.4 Å². The van der Waals surface area contributed by atoms with Gasteiger partial charge in [0.25, 0.3) is 11.5 Å². The van der Waals surface area contributed by atoms with Crippen molar-refractivity contribution in [3.63, 3.8) is 0 Å². The molecule has 2 aromatic rings. The van der Waals surface area contributed by atoms with Crippen LogP contribution < -0.4 is 16.6 Å². The van der Waals surface area contributed by atoms with Crippen LogP contribution in [0.2, 0.25) is 0 Å². The summed E-state index contributed by atoms with van der Waals surface area (Å²) in [6.07, 6.45) is 5.45. The van der Waals surface area contributed by atoms with Crippen molar-refractivity contribution in [3.8, 4) is 18.2 Å². The van der Waals surface area contributed by atoms with E-state index in [-0.39, 0.29) is 22.5 Å². The summed E-state index contributed by atoms with van der Waals surface area (Å²) >= 11 is 0. The molecule has 1 aliphatic heterocycles. The van der Waals surface area contributed by atoms with Crippen molar-refractivity contribution in [1.29, 1.82) is 0 Å². The molecule has 0 aliphatic carbocycles. The summed E-state index contributed by atoms with van der Waals surface area (Å²) in [5.41, 5.74) is -0.516. The van der Waals surface area contributed by atoms with Crippen molar-refractivity contribution in [1.82, 2.24) is 15.3 Å². The third kappa shape index (κ3) is 2.53. The van der Waals surface area contributed by atoms with Gasteiger partial charge in [-0.3, -0.25) is 19.6 Å². The first kappa shape index (κ1) is 16.0. The third-order valence-electron chi connectivity index (χ3n) is 3.66. The second kappa shape index (κ2) is 5.98. The number of rotatable bonds is 2. The van der Waals surface area contributed by atoms with Crippen molar-refractivity contribution in [2.75, 3.05) is 7.05 Å². The van der Waals surface area contributed by atoms with Gasteiger partial charge in [-0.05, 0) is 0 Å². The summed E-state index contributed by atoms with van der Waals surface area (Å²) in [6, 6.07) is 6.80. The monoisotopic (exact) mass is 336 g/mol. The number of fused-ring (bicyclic) bond motifs is 1. The van der Waals surface area contributed by atoms with Crippen molar-refractivity contribution in [3.05, 3.63) is 67.4 Å². The fraction of sp³-hybridized carbons (Fsp3) is 0.0588. The van der Waals surface area contributed by atoms with Crippen LogP contribution in [0.1, 0.15) is 16.7 Å². The molecule has 0 saturated carbocycles. The van der Waals surface area contributed by atoms with Crippen LogP contribution >= 0.6 is 0 Å². The number of amides is 1. The SMILES string of the molecule is C#C/C(C(=O)NC)=C1/N=C(c2c(O)[nH]c(=O)[nH]c2=O)c2ccccc21. The van der Waals surface area contributed by atoms with E-state index in [4.69, 9.17) is 6.42 Å². The van der Waals surface area contributed by atoms with E-state index >= 15 is 0 Å². The minimum Gasteiger partial charge on any atom is -0.494 e. The molecule has 0 bridgehead atoms. The second-order valence-electron chi connectivity index (χ2n) is 5.08. The number of carbonyl (C=O) groups is 1. The number of hydrogen-bond acceptors (Lipinski definition) is 5. The summed E-state index contributed by atoms with van der Waals surface area (Å²) in [6.45, 7) is 0. The Balaban J connectivity index is 2.37. The zero-order valence-electron chi connectivity index (χ0n) is 13.0. The molecule has 0 unspecified atom stereocenters. The highest BCUT2D eigenvalue weighted by molar-refractivity contribution is 6.23. The minimum atomic E-state index is -0.844. The molecule has 0 saturated heterocycles. The molecule has 124 valence electrons. The average Bonchev–Trinajstić information content (AvgIpc) is 2.94. The number of aromatic amines is 2. The van der Waals surface area contributed by atoms with Gasteiger partial charge in [-0.1, -0.05) is 30.2 Å². The Morgan fingerprint density at radius 1 is 1.24 bits per heavy atom. The molecule has 8 heteroatoms. The number of aromatic hydroxyl groups is 1. The molecule has 0 radical (unpaired) electrons. The number of terminal acetylenes is 1. The zero-order chi connectivity index (χ0) is 18.1. The van der Waals surface area contributed by atoms with E-state index in [1.54, 1.807) is 24.3 Å². The highest BCUT2D eigenvalue weighted by Gasteiger charge is 2.29. The van der Waals surface area contributed by atoms with Crippen molar-refractivity contribution in [2.45, 2.75) is 0 Å². The first-order valence-corrected chi connectivity index (χ1v) is 7.15. The molecule has 0 fully saturated rings. The van der Waals surface area contributed by atoms with Crippen molar-refractivity contribution in [2.24, 2.45) is 4.99 Å². The topological polar surface area (TPSA) is 127 Å². The number of nitrogens with zero attached hydrogens (tertiary/aromatic N) is 1. The highest BCUT2D eigenvalue weighted by Crippen LogP contribution is 2.33. The van der Waals surface area contributed by atoms with Crippen LogP contribution in [0.3, 0.4) is 0 Å². The molecule has 0 atom stereocenters. The molecule has 25 heavy (non-hydrogen) atoms. The Kier molecular flexibility index (Phi) is 3.83. The van der Waals surface area contributed by atoms with Gasteiger partial charge in [0.1, 0.15) is 11.1 Å². The van der Waals surface area contributed by atoms with Crippen LogP contribution in [0.15, 0.2) is 44.4 Å². The van der Waals surface area contributed by atoms with Crippen LogP contribution in [-0.4, -0.2) is 33.7 Å². The number of benzene rings is 1. The molecule has 1 aromatic carbocycles. The maximum Gasteiger partial charge on any atom is 0.328 e. The van der Waals surface area contributed by atoms with Crippen LogP contribution in [0.4, 0.5) is 0 Å². The lowest BCUT2D eigenvalue weighted by atomic mass is 9.99. The number of H-pyrrole nitrogens is 2. The Morgan fingerprint density at radius 3 is 2.52 bits per heavy atom. The molecular weight excluding hydrogens is 324 g/mol. The molecule has 8 nitrogen and oxygen atoms in total. The number of carbonyl (C=O) groups excluding carboxylic acids is 1. The molecule has 2 heterocycles. The maximum absolute atomic E-state index is 12.1. The minimum absolute atomic E-state index is 0.00899. The third-order valence-corrected chi connectivity index (χ3v) is 3.66. The van der Waals surface area contributed by atoms with Crippen molar-refractivity contribution < 1.29 is 9.90 Å². The van der Waals surface area contributed by atoms with E-state index in [1.165, 1.54) is 7.05 Å². The summed E-state index contributed by atoms with van der Waals surface area (Å²) < 4.78 is 0. The average molecular weight is 336 g/mol.